The minimum atomic E-state index is -0.720. The number of carbonyl (C=O) groups excluding carboxylic acids is 1. The number of aliphatic hydroxyl groups excluding tert-OH is 1. The Balaban J connectivity index is 1.99. The van der Waals surface area contributed by atoms with E-state index in [0.29, 0.717) is 11.3 Å². The van der Waals surface area contributed by atoms with Gasteiger partial charge in [-0.05, 0) is 30.2 Å². The van der Waals surface area contributed by atoms with Crippen LogP contribution in [0.4, 0.5) is 0 Å². The van der Waals surface area contributed by atoms with E-state index in [1.807, 2.05) is 43.3 Å². The smallest absolute Gasteiger partial charge is 0.251 e. The Kier molecular flexibility index (Phi) is 4.95. The number of ether oxygens (including phenoxy) is 1. The summed E-state index contributed by atoms with van der Waals surface area (Å²) < 4.78 is 5.20. The predicted octanol–water partition coefficient (Wildman–Crippen LogP) is 2.47. The number of nitrogens with one attached hydrogen (secondary N) is 1. The molecule has 0 heterocycles. The van der Waals surface area contributed by atoms with Crippen LogP contribution in [0.1, 0.15) is 27.6 Å². The molecular weight excluding hydrogens is 266 g/mol. The number of aliphatic hydroxyl groups is 1. The number of rotatable bonds is 5. The SMILES string of the molecule is COc1cc(C(=O)NC[C@H](O)c2ccccc2)ccc1C. The van der Waals surface area contributed by atoms with Crippen LogP contribution in [0.25, 0.3) is 0 Å². The molecule has 0 fully saturated rings. The minimum Gasteiger partial charge on any atom is -0.496 e. The summed E-state index contributed by atoms with van der Waals surface area (Å²) in [4.78, 5) is 12.1. The van der Waals surface area contributed by atoms with Gasteiger partial charge >= 0.3 is 0 Å². The van der Waals surface area contributed by atoms with Crippen LogP contribution < -0.4 is 10.1 Å². The van der Waals surface area contributed by atoms with Crippen LogP contribution in [-0.2, 0) is 0 Å². The number of methoxy groups -OCH3 is 1. The number of hydrogen-bond acceptors (Lipinski definition) is 3. The Bertz CT molecular complexity index is 611. The molecule has 0 unspecified atom stereocenters. The molecule has 0 radical (unpaired) electrons. The van der Waals surface area contributed by atoms with E-state index in [9.17, 15) is 9.90 Å². The van der Waals surface area contributed by atoms with E-state index in [0.717, 1.165) is 11.1 Å². The fourth-order valence-electron chi connectivity index (χ4n) is 2.05. The van der Waals surface area contributed by atoms with Gasteiger partial charge in [0.1, 0.15) is 5.75 Å². The van der Waals surface area contributed by atoms with Gasteiger partial charge in [0.25, 0.3) is 5.91 Å². The molecule has 0 saturated carbocycles. The molecule has 2 aromatic rings. The van der Waals surface area contributed by atoms with Crippen LogP contribution in [0.5, 0.6) is 5.75 Å². The Labute approximate surface area is 124 Å². The molecule has 21 heavy (non-hydrogen) atoms. The normalized spacial score (nSPS) is 11.8. The summed E-state index contributed by atoms with van der Waals surface area (Å²) in [6.45, 7) is 2.08. The predicted molar refractivity (Wildman–Crippen MR) is 81.5 cm³/mol. The summed E-state index contributed by atoms with van der Waals surface area (Å²) >= 11 is 0. The third-order valence-corrected chi connectivity index (χ3v) is 3.31. The summed E-state index contributed by atoms with van der Waals surface area (Å²) in [6, 6.07) is 14.5. The number of benzene rings is 2. The van der Waals surface area contributed by atoms with Gasteiger partial charge in [-0.2, -0.15) is 0 Å². The zero-order chi connectivity index (χ0) is 15.2. The molecule has 110 valence electrons. The molecule has 2 aromatic carbocycles. The van der Waals surface area contributed by atoms with Crippen molar-refractivity contribution in [1.29, 1.82) is 0 Å². The first-order chi connectivity index (χ1) is 10.1. The fourth-order valence-corrected chi connectivity index (χ4v) is 2.05. The first kappa shape index (κ1) is 15.1. The second kappa shape index (κ2) is 6.90. The van der Waals surface area contributed by atoms with Crippen molar-refractivity contribution >= 4 is 5.91 Å². The van der Waals surface area contributed by atoms with E-state index >= 15 is 0 Å². The first-order valence-electron chi connectivity index (χ1n) is 6.77. The molecule has 0 aliphatic carbocycles. The number of amides is 1. The lowest BCUT2D eigenvalue weighted by Crippen LogP contribution is -2.28. The third kappa shape index (κ3) is 3.83. The van der Waals surface area contributed by atoms with Crippen molar-refractivity contribution in [2.24, 2.45) is 0 Å². The average Bonchev–Trinajstić information content (AvgIpc) is 2.53. The van der Waals surface area contributed by atoms with Gasteiger partial charge < -0.3 is 15.2 Å². The highest BCUT2D eigenvalue weighted by Gasteiger charge is 2.11. The Morgan fingerprint density at radius 2 is 1.95 bits per heavy atom. The minimum absolute atomic E-state index is 0.166. The maximum Gasteiger partial charge on any atom is 0.251 e. The van der Waals surface area contributed by atoms with Gasteiger partial charge in [0.2, 0.25) is 0 Å². The van der Waals surface area contributed by atoms with Crippen molar-refractivity contribution in [3.63, 3.8) is 0 Å². The van der Waals surface area contributed by atoms with Gasteiger partial charge in [0, 0.05) is 12.1 Å². The quantitative estimate of drug-likeness (QED) is 0.887. The highest BCUT2D eigenvalue weighted by molar-refractivity contribution is 5.94. The molecule has 0 aliphatic heterocycles. The van der Waals surface area contributed by atoms with Crippen LogP contribution >= 0.6 is 0 Å². The lowest BCUT2D eigenvalue weighted by molar-refractivity contribution is 0.0916. The number of aryl methyl sites for hydroxylation is 1. The highest BCUT2D eigenvalue weighted by Crippen LogP contribution is 2.19. The van der Waals surface area contributed by atoms with Gasteiger partial charge in [-0.15, -0.1) is 0 Å². The summed E-state index contributed by atoms with van der Waals surface area (Å²) in [5.74, 6) is 0.439. The van der Waals surface area contributed by atoms with E-state index in [-0.39, 0.29) is 12.5 Å². The second-order valence-electron chi connectivity index (χ2n) is 4.82. The van der Waals surface area contributed by atoms with Crippen LogP contribution in [0, 0.1) is 6.92 Å². The van der Waals surface area contributed by atoms with Gasteiger partial charge in [-0.3, -0.25) is 4.79 Å². The number of carbonyl (C=O) groups is 1. The molecule has 1 amide bonds. The largest absolute Gasteiger partial charge is 0.496 e. The molecule has 2 rings (SSSR count). The van der Waals surface area contributed by atoms with E-state index in [1.54, 1.807) is 19.2 Å². The summed E-state index contributed by atoms with van der Waals surface area (Å²) in [5.41, 5.74) is 2.26. The maximum atomic E-state index is 12.1. The first-order valence-corrected chi connectivity index (χ1v) is 6.77. The van der Waals surface area contributed by atoms with Gasteiger partial charge in [-0.1, -0.05) is 36.4 Å². The van der Waals surface area contributed by atoms with Crippen LogP contribution in [0.15, 0.2) is 48.5 Å². The van der Waals surface area contributed by atoms with Crippen molar-refractivity contribution < 1.29 is 14.6 Å². The zero-order valence-electron chi connectivity index (χ0n) is 12.2. The van der Waals surface area contributed by atoms with Crippen molar-refractivity contribution in [3.8, 4) is 5.75 Å². The van der Waals surface area contributed by atoms with Crippen molar-refractivity contribution in [1.82, 2.24) is 5.32 Å². The van der Waals surface area contributed by atoms with Crippen molar-refractivity contribution in [3.05, 3.63) is 65.2 Å². The lowest BCUT2D eigenvalue weighted by Gasteiger charge is -2.13. The number of hydrogen-bond donors (Lipinski definition) is 2. The maximum absolute atomic E-state index is 12.1. The van der Waals surface area contributed by atoms with Crippen LogP contribution in [0.3, 0.4) is 0 Å². The Hall–Kier alpha value is -2.33. The second-order valence-corrected chi connectivity index (χ2v) is 4.82. The van der Waals surface area contributed by atoms with Gasteiger partial charge in [0.05, 0.1) is 13.2 Å². The average molecular weight is 285 g/mol. The molecule has 0 spiro atoms. The highest BCUT2D eigenvalue weighted by atomic mass is 16.5. The van der Waals surface area contributed by atoms with E-state index in [2.05, 4.69) is 5.32 Å². The Morgan fingerprint density at radius 1 is 1.24 bits per heavy atom. The van der Waals surface area contributed by atoms with Gasteiger partial charge in [0.15, 0.2) is 0 Å². The molecule has 1 atom stereocenters. The Morgan fingerprint density at radius 3 is 2.62 bits per heavy atom. The summed E-state index contributed by atoms with van der Waals surface area (Å²) in [6.07, 6.45) is -0.720. The lowest BCUT2D eigenvalue weighted by atomic mass is 10.1. The van der Waals surface area contributed by atoms with E-state index in [4.69, 9.17) is 4.74 Å². The molecule has 0 saturated heterocycles. The topological polar surface area (TPSA) is 58.6 Å². The van der Waals surface area contributed by atoms with Crippen molar-refractivity contribution in [2.75, 3.05) is 13.7 Å². The third-order valence-electron chi connectivity index (χ3n) is 3.31. The van der Waals surface area contributed by atoms with Crippen LogP contribution in [-0.4, -0.2) is 24.7 Å². The summed E-state index contributed by atoms with van der Waals surface area (Å²) in [7, 11) is 1.57. The van der Waals surface area contributed by atoms with Gasteiger partial charge in [-0.25, -0.2) is 0 Å². The van der Waals surface area contributed by atoms with E-state index in [1.165, 1.54) is 0 Å². The molecule has 2 N–H and O–H groups in total. The summed E-state index contributed by atoms with van der Waals surface area (Å²) in [5, 5.41) is 12.7. The zero-order valence-corrected chi connectivity index (χ0v) is 12.2. The van der Waals surface area contributed by atoms with Crippen LogP contribution in [0.2, 0.25) is 0 Å². The molecule has 0 aliphatic rings. The molecule has 0 aromatic heterocycles. The molecule has 4 heteroatoms. The van der Waals surface area contributed by atoms with Crippen molar-refractivity contribution in [2.45, 2.75) is 13.0 Å². The standard InChI is InChI=1S/C17H19NO3/c1-12-8-9-14(10-16(12)21-2)17(20)18-11-15(19)13-6-4-3-5-7-13/h3-10,15,19H,11H2,1-2H3,(H,18,20)/t15-/m0/s1. The van der Waals surface area contributed by atoms with E-state index < -0.39 is 6.10 Å². The monoisotopic (exact) mass is 285 g/mol. The molecule has 0 bridgehead atoms. The molecule has 4 nitrogen and oxygen atoms in total. The fraction of sp³-hybridized carbons (Fsp3) is 0.235. The molecular formula is C17H19NO3.